The van der Waals surface area contributed by atoms with Crippen molar-refractivity contribution >= 4 is 27.5 Å². The summed E-state index contributed by atoms with van der Waals surface area (Å²) in [6, 6.07) is 12.0. The molecule has 0 radical (unpaired) electrons. The first-order valence-electron chi connectivity index (χ1n) is 5.72. The minimum absolute atomic E-state index is 0.00544. The molecular weight excluding hydrogens is 322 g/mol. The Morgan fingerprint density at radius 3 is 2.65 bits per heavy atom. The van der Waals surface area contributed by atoms with E-state index in [0.717, 1.165) is 4.47 Å². The number of benzene rings is 1. The molecule has 5 nitrogen and oxygen atoms in total. The summed E-state index contributed by atoms with van der Waals surface area (Å²) < 4.78 is 5.93. The monoisotopic (exact) mass is 331 g/mol. The van der Waals surface area contributed by atoms with Crippen molar-refractivity contribution in [2.75, 3.05) is 11.9 Å². The minimum Gasteiger partial charge on any atom is -0.479 e. The van der Waals surface area contributed by atoms with Gasteiger partial charge in [0.15, 0.2) is 6.61 Å². The fraction of sp³-hybridized carbons (Fsp3) is 0.0714. The molecule has 20 heavy (non-hydrogen) atoms. The molecule has 100 valence electrons. The summed E-state index contributed by atoms with van der Waals surface area (Å²) in [7, 11) is 0. The van der Waals surface area contributed by atoms with Crippen molar-refractivity contribution in [3.63, 3.8) is 0 Å². The van der Waals surface area contributed by atoms with Crippen LogP contribution < -0.4 is 10.1 Å². The van der Waals surface area contributed by atoms with Crippen molar-refractivity contribution in [1.82, 2.24) is 4.98 Å². The van der Waals surface area contributed by atoms with E-state index in [1.54, 1.807) is 42.6 Å². The Bertz CT molecular complexity index is 633. The first-order valence-corrected chi connectivity index (χ1v) is 6.51. The molecule has 0 spiro atoms. The van der Waals surface area contributed by atoms with E-state index in [2.05, 4.69) is 26.2 Å². The molecule has 0 aliphatic carbocycles. The van der Waals surface area contributed by atoms with Crippen LogP contribution in [0.2, 0.25) is 0 Å². The Morgan fingerprint density at radius 1 is 1.30 bits per heavy atom. The molecule has 1 aromatic heterocycles. The molecule has 0 saturated heterocycles. The van der Waals surface area contributed by atoms with E-state index in [1.807, 2.05) is 6.07 Å². The van der Waals surface area contributed by atoms with Gasteiger partial charge >= 0.3 is 0 Å². The highest BCUT2D eigenvalue weighted by molar-refractivity contribution is 9.10. The van der Waals surface area contributed by atoms with Crippen LogP contribution in [0.4, 0.5) is 5.69 Å². The van der Waals surface area contributed by atoms with Crippen LogP contribution in [0, 0.1) is 11.3 Å². The van der Waals surface area contributed by atoms with E-state index in [1.165, 1.54) is 0 Å². The van der Waals surface area contributed by atoms with Gasteiger partial charge in [0.2, 0.25) is 0 Å². The molecule has 0 aliphatic heterocycles. The Hall–Kier alpha value is -2.39. The topological polar surface area (TPSA) is 75.0 Å². The summed E-state index contributed by atoms with van der Waals surface area (Å²) in [5, 5.41) is 11.1. The summed E-state index contributed by atoms with van der Waals surface area (Å²) in [6.07, 6.45) is 1.56. The average molecular weight is 332 g/mol. The molecule has 1 heterocycles. The Morgan fingerprint density at radius 2 is 2.05 bits per heavy atom. The maximum absolute atomic E-state index is 11.9. The molecule has 1 N–H and O–H groups in total. The minimum atomic E-state index is -0.289. The number of halogens is 1. The van der Waals surface area contributed by atoms with Crippen molar-refractivity contribution in [3.8, 4) is 11.8 Å². The predicted octanol–water partition coefficient (Wildman–Crippen LogP) is 3.00. The number of anilines is 1. The maximum atomic E-state index is 11.9. The number of rotatable bonds is 4. The standard InChI is InChI=1S/C14H10BrN3O2/c15-10-1-6-13(17-9-10)14(19)18-11-2-4-12(5-3-11)20-8-7-16/h1-6,9H,8H2,(H,18,19). The van der Waals surface area contributed by atoms with Crippen molar-refractivity contribution in [3.05, 3.63) is 52.8 Å². The molecule has 0 saturated carbocycles. The van der Waals surface area contributed by atoms with E-state index >= 15 is 0 Å². The zero-order valence-electron chi connectivity index (χ0n) is 10.3. The van der Waals surface area contributed by atoms with Gasteiger partial charge in [0.25, 0.3) is 5.91 Å². The number of nitrogens with one attached hydrogen (secondary N) is 1. The summed E-state index contributed by atoms with van der Waals surface area (Å²) >= 11 is 3.26. The molecule has 0 aliphatic rings. The first-order chi connectivity index (χ1) is 9.69. The number of ether oxygens (including phenoxy) is 1. The van der Waals surface area contributed by atoms with Crippen molar-refractivity contribution in [2.45, 2.75) is 0 Å². The van der Waals surface area contributed by atoms with Crippen LogP contribution in [-0.2, 0) is 0 Å². The maximum Gasteiger partial charge on any atom is 0.274 e. The van der Waals surface area contributed by atoms with E-state index in [9.17, 15) is 4.79 Å². The number of hydrogen-bond donors (Lipinski definition) is 1. The van der Waals surface area contributed by atoms with Crippen LogP contribution in [0.3, 0.4) is 0 Å². The second-order valence-electron chi connectivity index (χ2n) is 3.79. The molecule has 2 rings (SSSR count). The second-order valence-corrected chi connectivity index (χ2v) is 4.70. The highest BCUT2D eigenvalue weighted by Crippen LogP contribution is 2.16. The number of carbonyl (C=O) groups excluding carboxylic acids is 1. The SMILES string of the molecule is N#CCOc1ccc(NC(=O)c2ccc(Br)cn2)cc1. The number of pyridine rings is 1. The second kappa shape index (κ2) is 6.68. The van der Waals surface area contributed by atoms with Gasteiger partial charge in [-0.1, -0.05) is 0 Å². The number of hydrogen-bond acceptors (Lipinski definition) is 4. The average Bonchev–Trinajstić information content (AvgIpc) is 2.47. The highest BCUT2D eigenvalue weighted by Gasteiger charge is 2.07. The van der Waals surface area contributed by atoms with Gasteiger partial charge in [-0.05, 0) is 52.3 Å². The lowest BCUT2D eigenvalue weighted by molar-refractivity contribution is 0.102. The van der Waals surface area contributed by atoms with Gasteiger partial charge in [-0.3, -0.25) is 4.79 Å². The number of nitriles is 1. The lowest BCUT2D eigenvalue weighted by Gasteiger charge is -2.06. The largest absolute Gasteiger partial charge is 0.479 e. The predicted molar refractivity (Wildman–Crippen MR) is 77.4 cm³/mol. The summed E-state index contributed by atoms with van der Waals surface area (Å²) in [5.41, 5.74) is 0.960. The van der Waals surface area contributed by atoms with E-state index in [4.69, 9.17) is 10.00 Å². The van der Waals surface area contributed by atoms with Crippen molar-refractivity contribution in [2.24, 2.45) is 0 Å². The van der Waals surface area contributed by atoms with Crippen molar-refractivity contribution < 1.29 is 9.53 Å². The van der Waals surface area contributed by atoms with Gasteiger partial charge in [0, 0.05) is 16.4 Å². The zero-order chi connectivity index (χ0) is 14.4. The summed E-state index contributed by atoms with van der Waals surface area (Å²) in [4.78, 5) is 15.9. The number of amides is 1. The van der Waals surface area contributed by atoms with E-state index in [0.29, 0.717) is 17.1 Å². The number of carbonyl (C=O) groups is 1. The first kappa shape index (κ1) is 14.0. The molecule has 0 unspecified atom stereocenters. The van der Waals surface area contributed by atoms with Crippen LogP contribution in [0.15, 0.2) is 47.1 Å². The molecule has 0 fully saturated rings. The van der Waals surface area contributed by atoms with Gasteiger partial charge in [0.1, 0.15) is 17.5 Å². The molecule has 6 heteroatoms. The summed E-state index contributed by atoms with van der Waals surface area (Å²) in [5.74, 6) is 0.287. The van der Waals surface area contributed by atoms with Crippen LogP contribution in [0.5, 0.6) is 5.75 Å². The third kappa shape index (κ3) is 3.80. The molecule has 1 aromatic carbocycles. The van der Waals surface area contributed by atoms with Crippen LogP contribution >= 0.6 is 15.9 Å². The lowest BCUT2D eigenvalue weighted by Crippen LogP contribution is -2.13. The Labute approximate surface area is 124 Å². The third-order valence-electron chi connectivity index (χ3n) is 2.38. The van der Waals surface area contributed by atoms with Gasteiger partial charge in [-0.25, -0.2) is 4.98 Å². The zero-order valence-corrected chi connectivity index (χ0v) is 11.9. The normalized spacial score (nSPS) is 9.60. The lowest BCUT2D eigenvalue weighted by atomic mass is 10.3. The number of nitrogens with zero attached hydrogens (tertiary/aromatic N) is 2. The molecule has 2 aromatic rings. The van der Waals surface area contributed by atoms with Crippen LogP contribution in [0.1, 0.15) is 10.5 Å². The van der Waals surface area contributed by atoms with Gasteiger partial charge < -0.3 is 10.1 Å². The smallest absolute Gasteiger partial charge is 0.274 e. The molecular formula is C14H10BrN3O2. The van der Waals surface area contributed by atoms with Gasteiger partial charge in [-0.2, -0.15) is 5.26 Å². The van der Waals surface area contributed by atoms with Crippen molar-refractivity contribution in [1.29, 1.82) is 5.26 Å². The fourth-order valence-corrected chi connectivity index (χ4v) is 1.69. The molecule has 0 bridgehead atoms. The van der Waals surface area contributed by atoms with Gasteiger partial charge in [-0.15, -0.1) is 0 Å². The van der Waals surface area contributed by atoms with Crippen LogP contribution in [0.25, 0.3) is 0 Å². The quantitative estimate of drug-likeness (QED) is 0.934. The van der Waals surface area contributed by atoms with Crippen LogP contribution in [-0.4, -0.2) is 17.5 Å². The fourth-order valence-electron chi connectivity index (χ4n) is 1.46. The Balaban J connectivity index is 2.01. The van der Waals surface area contributed by atoms with E-state index in [-0.39, 0.29) is 12.5 Å². The van der Waals surface area contributed by atoms with E-state index < -0.39 is 0 Å². The van der Waals surface area contributed by atoms with Gasteiger partial charge in [0.05, 0.1) is 0 Å². The highest BCUT2D eigenvalue weighted by atomic mass is 79.9. The third-order valence-corrected chi connectivity index (χ3v) is 2.84. The molecule has 0 atom stereocenters. The number of aromatic nitrogens is 1. The molecule has 1 amide bonds. The summed E-state index contributed by atoms with van der Waals surface area (Å²) in [6.45, 7) is -0.00544. The Kier molecular flexibility index (Phi) is 4.69.